The molecule has 0 unspecified atom stereocenters. The SMILES string of the molecule is COc1ccc(C(=O)Cn2c(-c3ccc(Br)cc3)c[n+]3ccccc23)cc1. The molecule has 0 N–H and O–H groups in total. The first-order valence-corrected chi connectivity index (χ1v) is 9.38. The molecule has 0 fully saturated rings. The third-order valence-electron chi connectivity index (χ3n) is 4.55. The molecule has 27 heavy (non-hydrogen) atoms. The van der Waals surface area contributed by atoms with Gasteiger partial charge < -0.3 is 4.74 Å². The summed E-state index contributed by atoms with van der Waals surface area (Å²) in [5.41, 5.74) is 3.69. The molecular formula is C22H18BrN2O2+. The van der Waals surface area contributed by atoms with Crippen molar-refractivity contribution in [1.29, 1.82) is 0 Å². The van der Waals surface area contributed by atoms with Crippen LogP contribution in [0.2, 0.25) is 0 Å². The monoisotopic (exact) mass is 421 g/mol. The molecule has 0 amide bonds. The Morgan fingerprint density at radius 1 is 1.04 bits per heavy atom. The minimum absolute atomic E-state index is 0.0537. The fourth-order valence-electron chi connectivity index (χ4n) is 3.14. The summed E-state index contributed by atoms with van der Waals surface area (Å²) < 4.78 is 10.3. The van der Waals surface area contributed by atoms with E-state index in [1.54, 1.807) is 19.2 Å². The van der Waals surface area contributed by atoms with Crippen molar-refractivity contribution >= 4 is 27.4 Å². The van der Waals surface area contributed by atoms with Crippen LogP contribution in [0, 0.1) is 0 Å². The molecule has 0 radical (unpaired) electrons. The van der Waals surface area contributed by atoms with E-state index in [1.165, 1.54) is 0 Å². The number of carbonyl (C=O) groups is 1. The molecule has 0 aliphatic heterocycles. The molecule has 4 aromatic rings. The van der Waals surface area contributed by atoms with Crippen molar-refractivity contribution in [3.63, 3.8) is 0 Å². The lowest BCUT2D eigenvalue weighted by Crippen LogP contribution is -2.19. The second kappa shape index (κ2) is 7.37. The van der Waals surface area contributed by atoms with Gasteiger partial charge in [-0.15, -0.1) is 0 Å². The molecule has 4 nitrogen and oxygen atoms in total. The molecule has 0 bridgehead atoms. The zero-order valence-electron chi connectivity index (χ0n) is 14.8. The van der Waals surface area contributed by atoms with Crippen LogP contribution in [-0.2, 0) is 6.54 Å². The number of rotatable bonds is 5. The number of carbonyl (C=O) groups excluding carboxylic acids is 1. The smallest absolute Gasteiger partial charge is 0.287 e. The maximum absolute atomic E-state index is 12.9. The zero-order valence-corrected chi connectivity index (χ0v) is 16.4. The van der Waals surface area contributed by atoms with Crippen LogP contribution >= 0.6 is 15.9 Å². The zero-order chi connectivity index (χ0) is 18.8. The summed E-state index contributed by atoms with van der Waals surface area (Å²) in [7, 11) is 1.62. The predicted molar refractivity (Wildman–Crippen MR) is 108 cm³/mol. The highest BCUT2D eigenvalue weighted by Crippen LogP contribution is 2.23. The first-order valence-electron chi connectivity index (χ1n) is 8.58. The Hall–Kier alpha value is -2.92. The van der Waals surface area contributed by atoms with Crippen molar-refractivity contribution in [2.75, 3.05) is 7.11 Å². The quantitative estimate of drug-likeness (QED) is 0.350. The molecule has 2 aromatic heterocycles. The van der Waals surface area contributed by atoms with Gasteiger partial charge in [0.25, 0.3) is 5.65 Å². The van der Waals surface area contributed by atoms with Gasteiger partial charge in [-0.05, 0) is 54.6 Å². The van der Waals surface area contributed by atoms with E-state index in [0.717, 1.165) is 27.1 Å². The van der Waals surface area contributed by atoms with E-state index in [4.69, 9.17) is 4.74 Å². The highest BCUT2D eigenvalue weighted by Gasteiger charge is 2.21. The van der Waals surface area contributed by atoms with Gasteiger partial charge in [-0.2, -0.15) is 0 Å². The van der Waals surface area contributed by atoms with Crippen molar-refractivity contribution in [1.82, 2.24) is 4.57 Å². The van der Waals surface area contributed by atoms with Gasteiger partial charge in [0.1, 0.15) is 11.9 Å². The molecule has 5 heteroatoms. The van der Waals surface area contributed by atoms with Crippen molar-refractivity contribution in [2.24, 2.45) is 0 Å². The van der Waals surface area contributed by atoms with E-state index in [2.05, 4.69) is 26.7 Å². The highest BCUT2D eigenvalue weighted by molar-refractivity contribution is 9.10. The molecule has 0 aliphatic rings. The number of aromatic nitrogens is 2. The molecule has 0 saturated carbocycles. The van der Waals surface area contributed by atoms with Crippen molar-refractivity contribution in [3.8, 4) is 17.0 Å². The Balaban J connectivity index is 1.76. The standard InChI is InChI=1S/C22H18BrN2O2/c1-27-19-11-7-17(8-12-19)21(26)15-25-20(16-5-9-18(23)10-6-16)14-24-13-3-2-4-22(24)25/h2-14H,15H2,1H3/q+1. The molecule has 0 atom stereocenters. The minimum Gasteiger partial charge on any atom is -0.497 e. The van der Waals surface area contributed by atoms with Crippen LogP contribution in [0.3, 0.4) is 0 Å². The van der Waals surface area contributed by atoms with E-state index in [1.807, 2.05) is 65.2 Å². The van der Waals surface area contributed by atoms with Gasteiger partial charge in [-0.1, -0.05) is 22.0 Å². The Bertz CT molecular complexity index is 1100. The van der Waals surface area contributed by atoms with Crippen LogP contribution in [-0.4, -0.2) is 17.5 Å². The van der Waals surface area contributed by atoms with Gasteiger partial charge in [0.15, 0.2) is 12.2 Å². The normalized spacial score (nSPS) is 10.9. The lowest BCUT2D eigenvalue weighted by atomic mass is 10.1. The number of nitrogens with zero attached hydrogens (tertiary/aromatic N) is 2. The molecule has 0 spiro atoms. The lowest BCUT2D eigenvalue weighted by Gasteiger charge is -2.05. The summed E-state index contributed by atoms with van der Waals surface area (Å²) in [6, 6.07) is 21.3. The van der Waals surface area contributed by atoms with E-state index >= 15 is 0 Å². The molecule has 4 rings (SSSR count). The maximum atomic E-state index is 12.9. The Labute approximate surface area is 165 Å². The molecule has 134 valence electrons. The van der Waals surface area contributed by atoms with Gasteiger partial charge in [-0.3, -0.25) is 4.79 Å². The number of imidazole rings is 1. The topological polar surface area (TPSA) is 35.3 Å². The number of fused-ring (bicyclic) bond motifs is 1. The van der Waals surface area contributed by atoms with Crippen LogP contribution < -0.4 is 9.14 Å². The van der Waals surface area contributed by atoms with Crippen molar-refractivity contribution < 1.29 is 13.9 Å². The third kappa shape index (κ3) is 3.51. The second-order valence-corrected chi connectivity index (χ2v) is 7.14. The third-order valence-corrected chi connectivity index (χ3v) is 5.08. The molecule has 0 saturated heterocycles. The van der Waals surface area contributed by atoms with Crippen LogP contribution in [0.1, 0.15) is 10.4 Å². The van der Waals surface area contributed by atoms with Crippen LogP contribution in [0.15, 0.2) is 83.6 Å². The Morgan fingerprint density at radius 3 is 2.48 bits per heavy atom. The largest absolute Gasteiger partial charge is 0.497 e. The molecule has 2 heterocycles. The Morgan fingerprint density at radius 2 is 1.78 bits per heavy atom. The number of ketones is 1. The van der Waals surface area contributed by atoms with E-state index in [0.29, 0.717) is 5.56 Å². The summed E-state index contributed by atoms with van der Waals surface area (Å²) in [4.78, 5) is 12.9. The first kappa shape index (κ1) is 17.5. The maximum Gasteiger partial charge on any atom is 0.287 e. The number of pyridine rings is 1. The highest BCUT2D eigenvalue weighted by atomic mass is 79.9. The first-order chi connectivity index (χ1) is 13.2. The molecular weight excluding hydrogens is 404 g/mol. The fourth-order valence-corrected chi connectivity index (χ4v) is 3.40. The summed E-state index contributed by atoms with van der Waals surface area (Å²) in [6.07, 6.45) is 4.05. The number of hydrogen-bond donors (Lipinski definition) is 0. The lowest BCUT2D eigenvalue weighted by molar-refractivity contribution is -0.510. The average molecular weight is 422 g/mol. The fraction of sp³-hybridized carbons (Fsp3) is 0.0909. The molecule has 2 aromatic carbocycles. The van der Waals surface area contributed by atoms with E-state index < -0.39 is 0 Å². The van der Waals surface area contributed by atoms with E-state index in [-0.39, 0.29) is 12.3 Å². The Kier molecular flexibility index (Phi) is 4.77. The number of hydrogen-bond acceptors (Lipinski definition) is 2. The van der Waals surface area contributed by atoms with Gasteiger partial charge in [-0.25, -0.2) is 8.97 Å². The van der Waals surface area contributed by atoms with Gasteiger partial charge in [0.05, 0.1) is 13.3 Å². The predicted octanol–water partition coefficient (Wildman–Crippen LogP) is 4.55. The number of halogens is 1. The number of Topliss-reactive ketones (excluding diaryl/α,β-unsaturated/α-hetero) is 1. The minimum atomic E-state index is 0.0537. The number of methoxy groups -OCH3 is 1. The summed E-state index contributed by atoms with van der Waals surface area (Å²) >= 11 is 3.48. The summed E-state index contributed by atoms with van der Waals surface area (Å²) in [6.45, 7) is 0.262. The number of benzene rings is 2. The van der Waals surface area contributed by atoms with Crippen LogP contribution in [0.25, 0.3) is 16.9 Å². The van der Waals surface area contributed by atoms with Crippen LogP contribution in [0.5, 0.6) is 5.75 Å². The van der Waals surface area contributed by atoms with Crippen molar-refractivity contribution in [3.05, 3.63) is 89.2 Å². The second-order valence-electron chi connectivity index (χ2n) is 6.23. The summed E-state index contributed by atoms with van der Waals surface area (Å²) in [5, 5.41) is 0. The average Bonchev–Trinajstić information content (AvgIpc) is 3.07. The van der Waals surface area contributed by atoms with E-state index in [9.17, 15) is 4.79 Å². The summed E-state index contributed by atoms with van der Waals surface area (Å²) in [5.74, 6) is 0.794. The van der Waals surface area contributed by atoms with Crippen LogP contribution in [0.4, 0.5) is 0 Å². The van der Waals surface area contributed by atoms with Crippen molar-refractivity contribution in [2.45, 2.75) is 6.54 Å². The van der Waals surface area contributed by atoms with Gasteiger partial charge in [0.2, 0.25) is 5.78 Å². The molecule has 0 aliphatic carbocycles. The number of ether oxygens (including phenoxy) is 1. The van der Waals surface area contributed by atoms with Gasteiger partial charge >= 0.3 is 0 Å². The van der Waals surface area contributed by atoms with Gasteiger partial charge in [0, 0.05) is 21.7 Å².